The van der Waals surface area contributed by atoms with Gasteiger partial charge in [0, 0.05) is 19.0 Å². The van der Waals surface area contributed by atoms with Crippen LogP contribution in [0, 0.1) is 17.1 Å². The fraction of sp³-hybridized carbons (Fsp3) is 0.286. The van der Waals surface area contributed by atoms with Crippen LogP contribution in [0.25, 0.3) is 6.08 Å². The maximum atomic E-state index is 13.5. The Morgan fingerprint density at radius 3 is 2.94 bits per heavy atom. The number of hydrogen-bond acceptors (Lipinski definition) is 2. The molecule has 0 aliphatic rings. The van der Waals surface area contributed by atoms with Crippen LogP contribution >= 0.6 is 0 Å². The van der Waals surface area contributed by atoms with E-state index >= 15 is 0 Å². The van der Waals surface area contributed by atoms with Crippen molar-refractivity contribution in [2.45, 2.75) is 19.8 Å². The summed E-state index contributed by atoms with van der Waals surface area (Å²) >= 11 is 0. The van der Waals surface area contributed by atoms with Crippen molar-refractivity contribution < 1.29 is 9.18 Å². The molecule has 1 aromatic rings. The lowest BCUT2D eigenvalue weighted by molar-refractivity contribution is -0.118. The third-order valence-corrected chi connectivity index (χ3v) is 2.34. The maximum Gasteiger partial charge on any atom is 0.216 e. The van der Waals surface area contributed by atoms with Gasteiger partial charge in [-0.3, -0.25) is 4.79 Å². The number of carbonyl (C=O) groups is 1. The molecule has 0 saturated carbocycles. The van der Waals surface area contributed by atoms with Gasteiger partial charge in [-0.25, -0.2) is 4.39 Å². The average molecular weight is 246 g/mol. The fourth-order valence-electron chi connectivity index (χ4n) is 1.45. The number of benzene rings is 1. The molecule has 0 fully saturated rings. The maximum absolute atomic E-state index is 13.5. The first kappa shape index (κ1) is 13.9. The molecule has 0 bridgehead atoms. The van der Waals surface area contributed by atoms with Crippen LogP contribution in [0.15, 0.2) is 24.3 Å². The Morgan fingerprint density at radius 1 is 1.56 bits per heavy atom. The second-order valence-electron chi connectivity index (χ2n) is 3.86. The molecule has 0 spiro atoms. The van der Waals surface area contributed by atoms with E-state index in [0.717, 1.165) is 5.56 Å². The topological polar surface area (TPSA) is 52.9 Å². The van der Waals surface area contributed by atoms with Gasteiger partial charge in [0.1, 0.15) is 5.82 Å². The van der Waals surface area contributed by atoms with Gasteiger partial charge >= 0.3 is 0 Å². The number of amides is 1. The molecular weight excluding hydrogens is 231 g/mol. The number of nitriles is 1. The van der Waals surface area contributed by atoms with Gasteiger partial charge < -0.3 is 5.32 Å². The van der Waals surface area contributed by atoms with Crippen molar-refractivity contribution in [3.05, 3.63) is 41.2 Å². The zero-order chi connectivity index (χ0) is 13.4. The van der Waals surface area contributed by atoms with E-state index in [9.17, 15) is 9.18 Å². The standard InChI is InChI=1S/C14H15FN2O/c1-11(18)17-9-3-2-4-12-5-6-13(7-8-16)14(15)10-12/h2,4-6,10H,3,7,9H2,1H3,(H,17,18). The molecule has 1 amide bonds. The second kappa shape index (κ2) is 7.23. The van der Waals surface area contributed by atoms with Gasteiger partial charge in [0.15, 0.2) is 0 Å². The van der Waals surface area contributed by atoms with Crippen LogP contribution in [0.4, 0.5) is 4.39 Å². The highest BCUT2D eigenvalue weighted by atomic mass is 19.1. The first-order chi connectivity index (χ1) is 8.63. The minimum atomic E-state index is -0.361. The highest BCUT2D eigenvalue weighted by Crippen LogP contribution is 2.12. The normalized spacial score (nSPS) is 10.3. The summed E-state index contributed by atoms with van der Waals surface area (Å²) in [6.45, 7) is 2.04. The number of nitrogens with one attached hydrogen (secondary N) is 1. The van der Waals surface area contributed by atoms with E-state index in [0.29, 0.717) is 18.5 Å². The van der Waals surface area contributed by atoms with Crippen LogP contribution in [-0.2, 0) is 11.2 Å². The van der Waals surface area contributed by atoms with Crippen LogP contribution in [-0.4, -0.2) is 12.5 Å². The molecule has 94 valence electrons. The van der Waals surface area contributed by atoms with E-state index < -0.39 is 0 Å². The third-order valence-electron chi connectivity index (χ3n) is 2.34. The molecule has 0 radical (unpaired) electrons. The van der Waals surface area contributed by atoms with Crippen molar-refractivity contribution in [3.8, 4) is 6.07 Å². The predicted octanol–water partition coefficient (Wildman–Crippen LogP) is 2.43. The van der Waals surface area contributed by atoms with Crippen LogP contribution in [0.2, 0.25) is 0 Å². The highest BCUT2D eigenvalue weighted by molar-refractivity contribution is 5.72. The molecule has 0 heterocycles. The summed E-state index contributed by atoms with van der Waals surface area (Å²) in [5, 5.41) is 11.2. The van der Waals surface area contributed by atoms with Gasteiger partial charge in [0.2, 0.25) is 5.91 Å². The molecule has 1 aromatic carbocycles. The number of halogens is 1. The van der Waals surface area contributed by atoms with Gasteiger partial charge in [-0.1, -0.05) is 24.3 Å². The first-order valence-electron chi connectivity index (χ1n) is 5.70. The largest absolute Gasteiger partial charge is 0.356 e. The monoisotopic (exact) mass is 246 g/mol. The van der Waals surface area contributed by atoms with E-state index in [2.05, 4.69) is 5.32 Å². The molecular formula is C14H15FN2O. The summed E-state index contributed by atoms with van der Waals surface area (Å²) in [5.41, 5.74) is 1.16. The Morgan fingerprint density at radius 2 is 2.33 bits per heavy atom. The Labute approximate surface area is 106 Å². The lowest BCUT2D eigenvalue weighted by atomic mass is 10.1. The summed E-state index contributed by atoms with van der Waals surface area (Å²) in [6, 6.07) is 6.71. The van der Waals surface area contributed by atoms with Crippen molar-refractivity contribution in [3.63, 3.8) is 0 Å². The molecule has 0 aromatic heterocycles. The molecule has 1 rings (SSSR count). The van der Waals surface area contributed by atoms with Gasteiger partial charge in [-0.2, -0.15) is 5.26 Å². The third kappa shape index (κ3) is 4.79. The molecule has 0 unspecified atom stereocenters. The van der Waals surface area contributed by atoms with Crippen LogP contribution in [0.5, 0.6) is 0 Å². The summed E-state index contributed by atoms with van der Waals surface area (Å²) in [6.07, 6.45) is 4.44. The fourth-order valence-corrected chi connectivity index (χ4v) is 1.45. The van der Waals surface area contributed by atoms with Crippen molar-refractivity contribution >= 4 is 12.0 Å². The predicted molar refractivity (Wildman–Crippen MR) is 68.1 cm³/mol. The first-order valence-corrected chi connectivity index (χ1v) is 5.70. The van der Waals surface area contributed by atoms with E-state index in [1.165, 1.54) is 13.0 Å². The van der Waals surface area contributed by atoms with Gasteiger partial charge in [-0.15, -0.1) is 0 Å². The minimum Gasteiger partial charge on any atom is -0.356 e. The SMILES string of the molecule is CC(=O)NCCC=Cc1ccc(CC#N)c(F)c1. The van der Waals surface area contributed by atoms with E-state index in [1.807, 2.05) is 12.1 Å². The Balaban J connectivity index is 2.53. The lowest BCUT2D eigenvalue weighted by Crippen LogP contribution is -2.20. The van der Waals surface area contributed by atoms with Crippen molar-refractivity contribution in [2.24, 2.45) is 0 Å². The van der Waals surface area contributed by atoms with Crippen molar-refractivity contribution in [1.82, 2.24) is 5.32 Å². The molecule has 0 atom stereocenters. The number of nitrogens with zero attached hydrogens (tertiary/aromatic N) is 1. The number of carbonyl (C=O) groups excluding carboxylic acids is 1. The number of hydrogen-bond donors (Lipinski definition) is 1. The highest BCUT2D eigenvalue weighted by Gasteiger charge is 2.01. The second-order valence-corrected chi connectivity index (χ2v) is 3.86. The average Bonchev–Trinajstić information content (AvgIpc) is 2.32. The smallest absolute Gasteiger partial charge is 0.216 e. The summed E-state index contributed by atoms with van der Waals surface area (Å²) in [5.74, 6) is -0.420. The molecule has 0 aliphatic carbocycles. The van der Waals surface area contributed by atoms with Crippen LogP contribution < -0.4 is 5.32 Å². The molecule has 1 N–H and O–H groups in total. The van der Waals surface area contributed by atoms with E-state index in [1.54, 1.807) is 18.2 Å². The Bertz CT molecular complexity index is 489. The molecule has 0 saturated heterocycles. The van der Waals surface area contributed by atoms with Crippen LogP contribution in [0.3, 0.4) is 0 Å². The minimum absolute atomic E-state index is 0.0599. The molecule has 0 aliphatic heterocycles. The summed E-state index contributed by atoms with van der Waals surface area (Å²) < 4.78 is 13.5. The summed E-state index contributed by atoms with van der Waals surface area (Å²) in [7, 11) is 0. The summed E-state index contributed by atoms with van der Waals surface area (Å²) in [4.78, 5) is 10.6. The Hall–Kier alpha value is -2.15. The van der Waals surface area contributed by atoms with Crippen molar-refractivity contribution in [2.75, 3.05) is 6.54 Å². The zero-order valence-corrected chi connectivity index (χ0v) is 10.2. The van der Waals surface area contributed by atoms with Crippen LogP contribution in [0.1, 0.15) is 24.5 Å². The molecule has 4 heteroatoms. The lowest BCUT2D eigenvalue weighted by Gasteiger charge is -2.00. The van der Waals surface area contributed by atoms with E-state index in [4.69, 9.17) is 5.26 Å². The van der Waals surface area contributed by atoms with E-state index in [-0.39, 0.29) is 18.1 Å². The van der Waals surface area contributed by atoms with Gasteiger partial charge in [0.25, 0.3) is 0 Å². The number of rotatable bonds is 5. The quantitative estimate of drug-likeness (QED) is 0.811. The molecule has 18 heavy (non-hydrogen) atoms. The van der Waals surface area contributed by atoms with Gasteiger partial charge in [-0.05, 0) is 18.1 Å². The molecule has 3 nitrogen and oxygen atoms in total. The van der Waals surface area contributed by atoms with Gasteiger partial charge in [0.05, 0.1) is 12.5 Å². The Kier molecular flexibility index (Phi) is 5.59. The van der Waals surface area contributed by atoms with Crippen molar-refractivity contribution in [1.29, 1.82) is 5.26 Å². The zero-order valence-electron chi connectivity index (χ0n) is 10.2.